The summed E-state index contributed by atoms with van der Waals surface area (Å²) >= 11 is 24.7. The van der Waals surface area contributed by atoms with Gasteiger partial charge in [0.05, 0.1) is 23.4 Å². The first kappa shape index (κ1) is 25.1. The van der Waals surface area contributed by atoms with E-state index < -0.39 is 18.1 Å². The number of piperazine rings is 1. The number of halogens is 4. The van der Waals surface area contributed by atoms with Crippen molar-refractivity contribution >= 4 is 58.0 Å². The Morgan fingerprint density at radius 2 is 1.47 bits per heavy atom. The fraction of sp³-hybridized carbons (Fsp3) is 0.240. The highest BCUT2D eigenvalue weighted by Gasteiger charge is 2.43. The monoisotopic (exact) mass is 538 g/mol. The quantitative estimate of drug-likeness (QED) is 0.445. The van der Waals surface area contributed by atoms with E-state index in [4.69, 9.17) is 46.4 Å². The van der Waals surface area contributed by atoms with Gasteiger partial charge in [-0.3, -0.25) is 4.79 Å². The van der Waals surface area contributed by atoms with Crippen molar-refractivity contribution in [3.8, 4) is 0 Å². The molecule has 1 amide bonds. The summed E-state index contributed by atoms with van der Waals surface area (Å²) in [5.41, 5.74) is -0.106. The molecular formula is C25H22Cl4N2O3. The summed E-state index contributed by atoms with van der Waals surface area (Å²) in [5, 5.41) is 23.3. The van der Waals surface area contributed by atoms with Crippen LogP contribution in [0.1, 0.15) is 17.2 Å². The summed E-state index contributed by atoms with van der Waals surface area (Å²) in [6.45, 7) is 0.262. The lowest BCUT2D eigenvalue weighted by atomic mass is 9.91. The molecule has 1 fully saturated rings. The first-order valence-corrected chi connectivity index (χ1v) is 12.1. The van der Waals surface area contributed by atoms with Gasteiger partial charge in [0.1, 0.15) is 0 Å². The Labute approximate surface area is 218 Å². The molecule has 3 aromatic rings. The van der Waals surface area contributed by atoms with Gasteiger partial charge in [-0.15, -0.1) is 0 Å². The number of amides is 1. The van der Waals surface area contributed by atoms with Crippen LogP contribution in [-0.2, 0) is 10.4 Å². The van der Waals surface area contributed by atoms with Crippen LogP contribution in [0.3, 0.4) is 0 Å². The van der Waals surface area contributed by atoms with Crippen LogP contribution in [-0.4, -0.2) is 47.3 Å². The van der Waals surface area contributed by atoms with E-state index in [2.05, 4.69) is 4.90 Å². The van der Waals surface area contributed by atoms with Crippen LogP contribution in [0.5, 0.6) is 0 Å². The van der Waals surface area contributed by atoms with Gasteiger partial charge in [0, 0.05) is 34.7 Å². The standard InChI is InChI=1S/C25H22Cl4N2O3/c26-18-5-1-16(2-6-18)23-14-30(11-12-31(23)22-10-9-20(28)13-21(22)29)24(33)25(34,15-32)17-3-7-19(27)8-4-17/h1-10,13,23,32,34H,11-12,14-15H2. The number of benzene rings is 3. The number of anilines is 1. The molecule has 2 N–H and O–H groups in total. The van der Waals surface area contributed by atoms with Crippen LogP contribution >= 0.6 is 46.4 Å². The van der Waals surface area contributed by atoms with Gasteiger partial charge in [0.2, 0.25) is 0 Å². The number of aliphatic hydroxyl groups is 2. The average molecular weight is 540 g/mol. The number of hydrogen-bond donors (Lipinski definition) is 2. The van der Waals surface area contributed by atoms with Crippen LogP contribution in [0.15, 0.2) is 66.7 Å². The number of carbonyl (C=O) groups is 1. The maximum atomic E-state index is 13.5. The van der Waals surface area contributed by atoms with Crippen molar-refractivity contribution in [3.63, 3.8) is 0 Å². The third kappa shape index (κ3) is 5.01. The summed E-state index contributed by atoms with van der Waals surface area (Å²) in [6.07, 6.45) is 0. The van der Waals surface area contributed by atoms with Crippen LogP contribution in [0, 0.1) is 0 Å². The molecule has 178 valence electrons. The SMILES string of the molecule is O=C(N1CCN(c2ccc(Cl)cc2Cl)C(c2ccc(Cl)cc2)C1)C(O)(CO)c1ccc(Cl)cc1. The van der Waals surface area contributed by atoms with Crippen LogP contribution < -0.4 is 4.90 Å². The van der Waals surface area contributed by atoms with E-state index in [1.807, 2.05) is 18.2 Å². The van der Waals surface area contributed by atoms with Crippen molar-refractivity contribution in [1.82, 2.24) is 4.90 Å². The average Bonchev–Trinajstić information content (AvgIpc) is 2.84. The van der Waals surface area contributed by atoms with Crippen molar-refractivity contribution in [3.05, 3.63) is 97.9 Å². The maximum absolute atomic E-state index is 13.5. The Bertz CT molecular complexity index is 1170. The van der Waals surface area contributed by atoms with Crippen molar-refractivity contribution in [2.45, 2.75) is 11.6 Å². The van der Waals surface area contributed by atoms with E-state index in [0.29, 0.717) is 33.2 Å². The molecule has 1 aliphatic rings. The number of nitrogens with zero attached hydrogens (tertiary/aromatic N) is 2. The molecule has 0 bridgehead atoms. The van der Waals surface area contributed by atoms with Gasteiger partial charge in [-0.25, -0.2) is 0 Å². The Morgan fingerprint density at radius 3 is 2.06 bits per heavy atom. The number of aliphatic hydroxyl groups excluding tert-OH is 1. The zero-order chi connectivity index (χ0) is 24.5. The van der Waals surface area contributed by atoms with E-state index >= 15 is 0 Å². The lowest BCUT2D eigenvalue weighted by molar-refractivity contribution is -0.158. The van der Waals surface area contributed by atoms with Crippen LogP contribution in [0.2, 0.25) is 20.1 Å². The second kappa shape index (κ2) is 10.3. The molecule has 9 heteroatoms. The van der Waals surface area contributed by atoms with E-state index in [0.717, 1.165) is 11.3 Å². The summed E-state index contributed by atoms with van der Waals surface area (Å²) in [4.78, 5) is 17.2. The Kier molecular flexibility index (Phi) is 7.63. The van der Waals surface area contributed by atoms with E-state index in [1.54, 1.807) is 41.3 Å². The Morgan fingerprint density at radius 1 is 0.882 bits per heavy atom. The van der Waals surface area contributed by atoms with E-state index in [1.165, 1.54) is 12.1 Å². The first-order valence-electron chi connectivity index (χ1n) is 10.6. The van der Waals surface area contributed by atoms with Crippen LogP contribution in [0.4, 0.5) is 5.69 Å². The van der Waals surface area contributed by atoms with Crippen molar-refractivity contribution in [1.29, 1.82) is 0 Å². The highest BCUT2D eigenvalue weighted by Crippen LogP contribution is 2.38. The molecule has 34 heavy (non-hydrogen) atoms. The fourth-order valence-electron chi connectivity index (χ4n) is 4.21. The molecule has 4 rings (SSSR count). The number of hydrogen-bond acceptors (Lipinski definition) is 4. The smallest absolute Gasteiger partial charge is 0.261 e. The minimum absolute atomic E-state index is 0.259. The molecule has 1 saturated heterocycles. The molecule has 2 atom stereocenters. The number of rotatable bonds is 5. The molecule has 0 radical (unpaired) electrons. The maximum Gasteiger partial charge on any atom is 0.261 e. The second-order valence-electron chi connectivity index (χ2n) is 8.13. The molecule has 0 spiro atoms. The second-order valence-corrected chi connectivity index (χ2v) is 9.85. The Hall–Kier alpha value is -1.99. The van der Waals surface area contributed by atoms with Gasteiger partial charge in [0.25, 0.3) is 5.91 Å². The third-order valence-corrected chi connectivity index (χ3v) is 7.09. The normalized spacial score (nSPS) is 18.0. The van der Waals surface area contributed by atoms with Gasteiger partial charge < -0.3 is 20.0 Å². The lowest BCUT2D eigenvalue weighted by Crippen LogP contribution is -2.57. The fourth-order valence-corrected chi connectivity index (χ4v) is 4.98. The molecule has 3 aromatic carbocycles. The van der Waals surface area contributed by atoms with Crippen LogP contribution in [0.25, 0.3) is 0 Å². The molecule has 5 nitrogen and oxygen atoms in total. The molecule has 0 aromatic heterocycles. The van der Waals surface area contributed by atoms with Crippen molar-refractivity contribution in [2.75, 3.05) is 31.1 Å². The summed E-state index contributed by atoms with van der Waals surface area (Å²) in [6, 6.07) is 18.6. The highest BCUT2D eigenvalue weighted by atomic mass is 35.5. The number of carbonyl (C=O) groups excluding carboxylic acids is 1. The molecule has 1 aliphatic heterocycles. The van der Waals surface area contributed by atoms with E-state index in [-0.39, 0.29) is 18.2 Å². The topological polar surface area (TPSA) is 64.0 Å². The largest absolute Gasteiger partial charge is 0.392 e. The van der Waals surface area contributed by atoms with Crippen molar-refractivity contribution < 1.29 is 15.0 Å². The summed E-state index contributed by atoms with van der Waals surface area (Å²) in [5.74, 6) is -0.585. The van der Waals surface area contributed by atoms with Gasteiger partial charge in [-0.1, -0.05) is 70.7 Å². The van der Waals surface area contributed by atoms with Gasteiger partial charge >= 0.3 is 0 Å². The van der Waals surface area contributed by atoms with Crippen molar-refractivity contribution in [2.24, 2.45) is 0 Å². The molecule has 1 heterocycles. The molecule has 0 saturated carbocycles. The Balaban J connectivity index is 1.68. The zero-order valence-electron chi connectivity index (χ0n) is 18.0. The minimum Gasteiger partial charge on any atom is -0.392 e. The van der Waals surface area contributed by atoms with Gasteiger partial charge in [-0.2, -0.15) is 0 Å². The predicted octanol–water partition coefficient (Wildman–Crippen LogP) is 5.57. The lowest BCUT2D eigenvalue weighted by Gasteiger charge is -2.45. The molecule has 2 unspecified atom stereocenters. The highest BCUT2D eigenvalue weighted by molar-refractivity contribution is 6.36. The summed E-state index contributed by atoms with van der Waals surface area (Å²) < 4.78 is 0. The van der Waals surface area contributed by atoms with E-state index in [9.17, 15) is 15.0 Å². The van der Waals surface area contributed by atoms with Gasteiger partial charge in [0.15, 0.2) is 5.60 Å². The summed E-state index contributed by atoms with van der Waals surface area (Å²) in [7, 11) is 0. The third-order valence-electron chi connectivity index (χ3n) is 6.05. The first-order chi connectivity index (χ1) is 16.2. The predicted molar refractivity (Wildman–Crippen MR) is 137 cm³/mol. The van der Waals surface area contributed by atoms with Gasteiger partial charge in [-0.05, 0) is 53.6 Å². The zero-order valence-corrected chi connectivity index (χ0v) is 21.0. The molecular weight excluding hydrogens is 518 g/mol. The molecule has 0 aliphatic carbocycles. The minimum atomic E-state index is -2.09.